The normalized spacial score (nSPS) is 11.4. The summed E-state index contributed by atoms with van der Waals surface area (Å²) in [6, 6.07) is 12.0. The molecular formula is C16H19N3O4. The van der Waals surface area contributed by atoms with E-state index in [9.17, 15) is 9.90 Å². The molecule has 1 aromatic carbocycles. The first kappa shape index (κ1) is 16.6. The number of carbonyl (C=O) groups is 1. The molecule has 0 aliphatic heterocycles. The number of rotatable bonds is 7. The summed E-state index contributed by atoms with van der Waals surface area (Å²) < 4.78 is 10.4. The van der Waals surface area contributed by atoms with Crippen LogP contribution in [0.3, 0.4) is 0 Å². The van der Waals surface area contributed by atoms with E-state index in [0.717, 1.165) is 0 Å². The van der Waals surface area contributed by atoms with Crippen LogP contribution in [0.25, 0.3) is 0 Å². The zero-order valence-electron chi connectivity index (χ0n) is 12.7. The number of nitrogens with one attached hydrogen (secondary N) is 2. The number of hydrogen-bond acceptors (Lipinski definition) is 5. The molecule has 0 saturated heterocycles. The number of hydrogen-bond donors (Lipinski definition) is 3. The first-order valence-corrected chi connectivity index (χ1v) is 7.09. The molecule has 0 fully saturated rings. The number of nitrogens with zero attached hydrogens (tertiary/aromatic N) is 1. The van der Waals surface area contributed by atoms with Crippen LogP contribution in [0.1, 0.15) is 0 Å². The summed E-state index contributed by atoms with van der Waals surface area (Å²) in [5.74, 6) is 0.978. The van der Waals surface area contributed by atoms with Gasteiger partial charge in [0.1, 0.15) is 24.1 Å². The van der Waals surface area contributed by atoms with Gasteiger partial charge in [0, 0.05) is 12.7 Å². The number of anilines is 1. The lowest BCUT2D eigenvalue weighted by Crippen LogP contribution is -2.37. The smallest absolute Gasteiger partial charge is 0.319 e. The molecule has 7 heteroatoms. The van der Waals surface area contributed by atoms with E-state index in [1.54, 1.807) is 30.5 Å². The van der Waals surface area contributed by atoms with Crippen molar-refractivity contribution in [3.63, 3.8) is 0 Å². The Morgan fingerprint density at radius 2 is 2.04 bits per heavy atom. The highest BCUT2D eigenvalue weighted by atomic mass is 16.5. The molecule has 2 aromatic rings. The number of carbonyl (C=O) groups excluding carboxylic acids is 1. The molecule has 0 radical (unpaired) electrons. The van der Waals surface area contributed by atoms with Crippen LogP contribution in [0, 0.1) is 0 Å². The van der Waals surface area contributed by atoms with E-state index in [4.69, 9.17) is 9.47 Å². The molecule has 0 aliphatic carbocycles. The summed E-state index contributed by atoms with van der Waals surface area (Å²) in [7, 11) is 1.47. The molecule has 3 N–H and O–H groups in total. The maximum absolute atomic E-state index is 11.8. The summed E-state index contributed by atoms with van der Waals surface area (Å²) in [6.45, 7) is 0.141. The predicted octanol–water partition coefficient (Wildman–Crippen LogP) is 1.65. The average Bonchev–Trinajstić information content (AvgIpc) is 2.59. The molecule has 0 unspecified atom stereocenters. The van der Waals surface area contributed by atoms with Crippen molar-refractivity contribution >= 4 is 11.7 Å². The summed E-state index contributed by atoms with van der Waals surface area (Å²) >= 11 is 0. The lowest BCUT2D eigenvalue weighted by atomic mass is 10.3. The minimum absolute atomic E-state index is 0.0568. The third kappa shape index (κ3) is 5.48. The fourth-order valence-electron chi connectivity index (χ4n) is 1.79. The second-order valence-corrected chi connectivity index (χ2v) is 4.67. The molecule has 1 atom stereocenters. The van der Waals surface area contributed by atoms with Gasteiger partial charge < -0.3 is 25.2 Å². The Kier molecular flexibility index (Phi) is 6.19. The topological polar surface area (TPSA) is 92.7 Å². The van der Waals surface area contributed by atoms with Crippen LogP contribution in [0.4, 0.5) is 10.5 Å². The Bertz CT molecular complexity index is 622. The van der Waals surface area contributed by atoms with E-state index in [2.05, 4.69) is 15.6 Å². The monoisotopic (exact) mass is 317 g/mol. The highest BCUT2D eigenvalue weighted by molar-refractivity contribution is 5.90. The molecule has 2 rings (SSSR count). The van der Waals surface area contributed by atoms with Crippen LogP contribution >= 0.6 is 0 Å². The average molecular weight is 317 g/mol. The van der Waals surface area contributed by atoms with Crippen LogP contribution in [-0.4, -0.2) is 42.5 Å². The van der Waals surface area contributed by atoms with Gasteiger partial charge in [-0.15, -0.1) is 0 Å². The van der Waals surface area contributed by atoms with Gasteiger partial charge in [0.15, 0.2) is 0 Å². The summed E-state index contributed by atoms with van der Waals surface area (Å²) in [5, 5.41) is 15.0. The summed E-state index contributed by atoms with van der Waals surface area (Å²) in [4.78, 5) is 15.8. The molecular weight excluding hydrogens is 298 g/mol. The third-order valence-corrected chi connectivity index (χ3v) is 2.90. The second-order valence-electron chi connectivity index (χ2n) is 4.67. The maximum atomic E-state index is 11.8. The van der Waals surface area contributed by atoms with Crippen LogP contribution in [0.5, 0.6) is 11.6 Å². The first-order chi connectivity index (χ1) is 11.2. The molecule has 0 saturated carbocycles. The minimum atomic E-state index is -0.822. The van der Waals surface area contributed by atoms with E-state index < -0.39 is 12.1 Å². The van der Waals surface area contributed by atoms with Gasteiger partial charge in [-0.1, -0.05) is 18.2 Å². The maximum Gasteiger partial charge on any atom is 0.319 e. The van der Waals surface area contributed by atoms with Crippen molar-refractivity contribution in [3.8, 4) is 11.6 Å². The quantitative estimate of drug-likeness (QED) is 0.722. The van der Waals surface area contributed by atoms with Crippen molar-refractivity contribution in [2.45, 2.75) is 6.10 Å². The van der Waals surface area contributed by atoms with Crippen LogP contribution in [-0.2, 0) is 0 Å². The summed E-state index contributed by atoms with van der Waals surface area (Å²) in [6.07, 6.45) is 0.740. The lowest BCUT2D eigenvalue weighted by Gasteiger charge is -2.14. The zero-order valence-corrected chi connectivity index (χ0v) is 12.7. The van der Waals surface area contributed by atoms with Crippen molar-refractivity contribution in [3.05, 3.63) is 48.7 Å². The van der Waals surface area contributed by atoms with Crippen LogP contribution in [0.2, 0.25) is 0 Å². The number of pyridine rings is 1. The second kappa shape index (κ2) is 8.60. The number of urea groups is 1. The number of ether oxygens (including phenoxy) is 2. The fraction of sp³-hybridized carbons (Fsp3) is 0.250. The number of para-hydroxylation sites is 1. The largest absolute Gasteiger partial charge is 0.491 e. The Hall–Kier alpha value is -2.80. The first-order valence-electron chi connectivity index (χ1n) is 7.09. The van der Waals surface area contributed by atoms with Gasteiger partial charge >= 0.3 is 6.03 Å². The Balaban J connectivity index is 1.73. The van der Waals surface area contributed by atoms with Gasteiger partial charge in [-0.25, -0.2) is 9.78 Å². The van der Waals surface area contributed by atoms with E-state index in [-0.39, 0.29) is 13.2 Å². The molecule has 1 aromatic heterocycles. The van der Waals surface area contributed by atoms with Gasteiger partial charge in [-0.3, -0.25) is 0 Å². The molecule has 23 heavy (non-hydrogen) atoms. The SMILES string of the molecule is COc1ncccc1NC(=O)NC[C@@H](O)COc1ccccc1. The number of benzene rings is 1. The number of aromatic nitrogens is 1. The minimum Gasteiger partial charge on any atom is -0.491 e. The number of aliphatic hydroxyl groups excluding tert-OH is 1. The lowest BCUT2D eigenvalue weighted by molar-refractivity contribution is 0.108. The van der Waals surface area contributed by atoms with Crippen molar-refractivity contribution in [2.24, 2.45) is 0 Å². The van der Waals surface area contributed by atoms with E-state index in [0.29, 0.717) is 17.3 Å². The number of amides is 2. The van der Waals surface area contributed by atoms with Gasteiger partial charge in [-0.05, 0) is 24.3 Å². The molecule has 0 aliphatic rings. The van der Waals surface area contributed by atoms with E-state index in [1.165, 1.54) is 7.11 Å². The van der Waals surface area contributed by atoms with Gasteiger partial charge in [-0.2, -0.15) is 0 Å². The Morgan fingerprint density at radius 1 is 1.26 bits per heavy atom. The molecule has 0 spiro atoms. The van der Waals surface area contributed by atoms with Crippen LogP contribution in [0.15, 0.2) is 48.7 Å². The highest BCUT2D eigenvalue weighted by Crippen LogP contribution is 2.19. The van der Waals surface area contributed by atoms with Crippen molar-refractivity contribution in [1.82, 2.24) is 10.3 Å². The third-order valence-electron chi connectivity index (χ3n) is 2.90. The molecule has 2 amide bonds. The van der Waals surface area contributed by atoms with Crippen molar-refractivity contribution < 1.29 is 19.4 Å². The van der Waals surface area contributed by atoms with E-state index in [1.807, 2.05) is 18.2 Å². The molecule has 0 bridgehead atoms. The highest BCUT2D eigenvalue weighted by Gasteiger charge is 2.10. The zero-order chi connectivity index (χ0) is 16.5. The van der Waals surface area contributed by atoms with Gasteiger partial charge in [0.2, 0.25) is 5.88 Å². The predicted molar refractivity (Wildman–Crippen MR) is 85.8 cm³/mol. The van der Waals surface area contributed by atoms with E-state index >= 15 is 0 Å². The molecule has 7 nitrogen and oxygen atoms in total. The fourth-order valence-corrected chi connectivity index (χ4v) is 1.79. The van der Waals surface area contributed by atoms with Gasteiger partial charge in [0.05, 0.1) is 7.11 Å². The van der Waals surface area contributed by atoms with Gasteiger partial charge in [0.25, 0.3) is 0 Å². The van der Waals surface area contributed by atoms with Crippen molar-refractivity contribution in [1.29, 1.82) is 0 Å². The summed E-state index contributed by atoms with van der Waals surface area (Å²) in [5.41, 5.74) is 0.447. The van der Waals surface area contributed by atoms with Crippen LogP contribution < -0.4 is 20.1 Å². The Labute approximate surface area is 134 Å². The number of aliphatic hydroxyl groups is 1. The standard InChI is InChI=1S/C16H19N3O4/c1-22-15-14(8-5-9-17-15)19-16(21)18-10-12(20)11-23-13-6-3-2-4-7-13/h2-9,12,20H,10-11H2,1H3,(H2,18,19,21)/t12-/m1/s1. The molecule has 1 heterocycles. The van der Waals surface area contributed by atoms with Crippen molar-refractivity contribution in [2.75, 3.05) is 25.6 Å². The number of methoxy groups -OCH3 is 1. The Morgan fingerprint density at radius 3 is 2.78 bits per heavy atom. The molecule has 122 valence electrons.